The van der Waals surface area contributed by atoms with Gasteiger partial charge in [-0.3, -0.25) is 4.79 Å². The predicted molar refractivity (Wildman–Crippen MR) is 129 cm³/mol. The quantitative estimate of drug-likeness (QED) is 0.424. The highest BCUT2D eigenvalue weighted by Crippen LogP contribution is 2.29. The van der Waals surface area contributed by atoms with Crippen LogP contribution in [0.2, 0.25) is 0 Å². The molecule has 0 spiro atoms. The highest BCUT2D eigenvalue weighted by atomic mass is 32.2. The van der Waals surface area contributed by atoms with Crippen molar-refractivity contribution in [3.05, 3.63) is 48.0 Å². The molecule has 0 aliphatic carbocycles. The number of benzene rings is 2. The molecule has 10 heteroatoms. The summed E-state index contributed by atoms with van der Waals surface area (Å²) in [4.78, 5) is 24.8. The van der Waals surface area contributed by atoms with Gasteiger partial charge in [-0.25, -0.2) is 13.2 Å². The SMILES string of the molecule is CCCOc1ccc(C(=O)OCC(=O)Nc2cccc(S(=O)(=O)N(CC)CC)c2)cc1OCC. The first-order valence-corrected chi connectivity index (χ1v) is 12.7. The molecule has 2 aromatic carbocycles. The zero-order valence-electron chi connectivity index (χ0n) is 20.0. The number of nitrogens with zero attached hydrogens (tertiary/aromatic N) is 1. The van der Waals surface area contributed by atoms with Crippen LogP contribution in [0.25, 0.3) is 0 Å². The van der Waals surface area contributed by atoms with Gasteiger partial charge in [0.25, 0.3) is 5.91 Å². The highest BCUT2D eigenvalue weighted by Gasteiger charge is 2.22. The third-order valence-corrected chi connectivity index (χ3v) is 6.78. The number of nitrogens with one attached hydrogen (secondary N) is 1. The fraction of sp³-hybridized carbons (Fsp3) is 0.417. The van der Waals surface area contributed by atoms with E-state index >= 15 is 0 Å². The minimum atomic E-state index is -3.67. The van der Waals surface area contributed by atoms with Gasteiger partial charge in [-0.15, -0.1) is 0 Å². The number of hydrogen-bond donors (Lipinski definition) is 1. The fourth-order valence-electron chi connectivity index (χ4n) is 3.09. The molecule has 0 aliphatic rings. The molecule has 0 fully saturated rings. The lowest BCUT2D eigenvalue weighted by Crippen LogP contribution is -2.30. The number of rotatable bonds is 13. The molecule has 2 rings (SSSR count). The zero-order valence-corrected chi connectivity index (χ0v) is 20.8. The van der Waals surface area contributed by atoms with Crippen molar-refractivity contribution in [3.63, 3.8) is 0 Å². The lowest BCUT2D eigenvalue weighted by Gasteiger charge is -2.18. The van der Waals surface area contributed by atoms with E-state index in [4.69, 9.17) is 14.2 Å². The van der Waals surface area contributed by atoms with Gasteiger partial charge in [0.2, 0.25) is 10.0 Å². The summed E-state index contributed by atoms with van der Waals surface area (Å²) in [6.07, 6.45) is 0.828. The number of anilines is 1. The van der Waals surface area contributed by atoms with Gasteiger partial charge in [0, 0.05) is 18.8 Å². The fourth-order valence-corrected chi connectivity index (χ4v) is 4.60. The molecule has 1 N–H and O–H groups in total. The summed E-state index contributed by atoms with van der Waals surface area (Å²) in [6.45, 7) is 8.36. The van der Waals surface area contributed by atoms with Gasteiger partial charge in [-0.1, -0.05) is 26.8 Å². The van der Waals surface area contributed by atoms with Crippen LogP contribution >= 0.6 is 0 Å². The molecular weight excluding hydrogens is 460 g/mol. The normalized spacial score (nSPS) is 11.2. The third-order valence-electron chi connectivity index (χ3n) is 4.74. The first kappa shape index (κ1) is 27.1. The average Bonchev–Trinajstić information content (AvgIpc) is 2.82. The lowest BCUT2D eigenvalue weighted by atomic mass is 10.2. The van der Waals surface area contributed by atoms with Gasteiger partial charge in [-0.05, 0) is 49.7 Å². The van der Waals surface area contributed by atoms with Crippen LogP contribution in [-0.2, 0) is 19.6 Å². The Kier molecular flexibility index (Phi) is 10.3. The largest absolute Gasteiger partial charge is 0.490 e. The number of carbonyl (C=O) groups is 2. The van der Waals surface area contributed by atoms with Crippen LogP contribution in [0.5, 0.6) is 11.5 Å². The maximum Gasteiger partial charge on any atom is 0.338 e. The Balaban J connectivity index is 2.03. The van der Waals surface area contributed by atoms with E-state index in [0.717, 1.165) is 6.42 Å². The second-order valence-electron chi connectivity index (χ2n) is 7.18. The summed E-state index contributed by atoms with van der Waals surface area (Å²) in [5.74, 6) is -0.353. The van der Waals surface area contributed by atoms with Crippen LogP contribution in [-0.4, -0.2) is 57.5 Å². The Morgan fingerprint density at radius 1 is 0.941 bits per heavy atom. The van der Waals surface area contributed by atoms with E-state index in [0.29, 0.717) is 37.8 Å². The molecule has 9 nitrogen and oxygen atoms in total. The average molecular weight is 493 g/mol. The molecule has 0 saturated carbocycles. The van der Waals surface area contributed by atoms with Gasteiger partial charge < -0.3 is 19.5 Å². The van der Waals surface area contributed by atoms with E-state index in [1.54, 1.807) is 26.0 Å². The summed E-state index contributed by atoms with van der Waals surface area (Å²) in [5.41, 5.74) is 0.498. The Bertz CT molecular complexity index is 1080. The molecule has 0 radical (unpaired) electrons. The third kappa shape index (κ3) is 7.19. The predicted octanol–water partition coefficient (Wildman–Crippen LogP) is 3.70. The lowest BCUT2D eigenvalue weighted by molar-refractivity contribution is -0.119. The molecule has 0 heterocycles. The monoisotopic (exact) mass is 492 g/mol. The Hall–Kier alpha value is -3.11. The van der Waals surface area contributed by atoms with E-state index in [9.17, 15) is 18.0 Å². The Morgan fingerprint density at radius 2 is 1.68 bits per heavy atom. The molecule has 34 heavy (non-hydrogen) atoms. The second-order valence-corrected chi connectivity index (χ2v) is 9.12. The summed E-state index contributed by atoms with van der Waals surface area (Å²) in [5, 5.41) is 2.56. The molecule has 2 aromatic rings. The highest BCUT2D eigenvalue weighted by molar-refractivity contribution is 7.89. The van der Waals surface area contributed by atoms with Crippen molar-refractivity contribution in [2.45, 2.75) is 39.0 Å². The molecule has 0 unspecified atom stereocenters. The van der Waals surface area contributed by atoms with E-state index in [-0.39, 0.29) is 16.1 Å². The van der Waals surface area contributed by atoms with Crippen LogP contribution in [0.4, 0.5) is 5.69 Å². The number of amides is 1. The minimum absolute atomic E-state index is 0.0693. The van der Waals surface area contributed by atoms with Crippen molar-refractivity contribution in [2.24, 2.45) is 0 Å². The van der Waals surface area contributed by atoms with E-state index in [1.165, 1.54) is 34.6 Å². The Morgan fingerprint density at radius 3 is 2.32 bits per heavy atom. The summed E-state index contributed by atoms with van der Waals surface area (Å²) < 4.78 is 43.0. The van der Waals surface area contributed by atoms with Crippen molar-refractivity contribution in [3.8, 4) is 11.5 Å². The molecule has 1 amide bonds. The van der Waals surface area contributed by atoms with Crippen molar-refractivity contribution < 1.29 is 32.2 Å². The molecule has 0 bridgehead atoms. The molecule has 0 aromatic heterocycles. The van der Waals surface area contributed by atoms with Gasteiger partial charge in [-0.2, -0.15) is 4.31 Å². The van der Waals surface area contributed by atoms with Crippen molar-refractivity contribution >= 4 is 27.6 Å². The number of hydrogen-bond acceptors (Lipinski definition) is 7. The smallest absolute Gasteiger partial charge is 0.338 e. The Labute approximate surface area is 201 Å². The van der Waals surface area contributed by atoms with Crippen molar-refractivity contribution in [1.82, 2.24) is 4.31 Å². The van der Waals surface area contributed by atoms with Crippen molar-refractivity contribution in [2.75, 3.05) is 38.2 Å². The van der Waals surface area contributed by atoms with Crippen LogP contribution in [0.1, 0.15) is 44.5 Å². The van der Waals surface area contributed by atoms with E-state index in [1.807, 2.05) is 13.8 Å². The summed E-state index contributed by atoms with van der Waals surface area (Å²) in [6, 6.07) is 10.6. The molecule has 0 saturated heterocycles. The maximum absolute atomic E-state index is 12.7. The van der Waals surface area contributed by atoms with Crippen LogP contribution in [0, 0.1) is 0 Å². The molecule has 0 aliphatic heterocycles. The first-order valence-electron chi connectivity index (χ1n) is 11.2. The maximum atomic E-state index is 12.7. The summed E-state index contributed by atoms with van der Waals surface area (Å²) >= 11 is 0. The van der Waals surface area contributed by atoms with Crippen molar-refractivity contribution in [1.29, 1.82) is 0 Å². The van der Waals surface area contributed by atoms with E-state index in [2.05, 4.69) is 5.32 Å². The molecule has 0 atom stereocenters. The number of ether oxygens (including phenoxy) is 3. The summed E-state index contributed by atoms with van der Waals surface area (Å²) in [7, 11) is -3.67. The van der Waals surface area contributed by atoms with Gasteiger partial charge in [0.15, 0.2) is 18.1 Å². The van der Waals surface area contributed by atoms with E-state index < -0.39 is 28.5 Å². The van der Waals surface area contributed by atoms with Gasteiger partial charge in [0.1, 0.15) is 0 Å². The first-order chi connectivity index (χ1) is 16.3. The number of sulfonamides is 1. The van der Waals surface area contributed by atoms with Crippen LogP contribution < -0.4 is 14.8 Å². The zero-order chi connectivity index (χ0) is 25.1. The van der Waals surface area contributed by atoms with Gasteiger partial charge in [0.05, 0.1) is 23.7 Å². The minimum Gasteiger partial charge on any atom is -0.490 e. The van der Waals surface area contributed by atoms with Gasteiger partial charge >= 0.3 is 5.97 Å². The number of esters is 1. The molecule has 186 valence electrons. The molecular formula is C24H32N2O7S. The number of carbonyl (C=O) groups excluding carboxylic acids is 2. The standard InChI is InChI=1S/C24H32N2O7S/c1-5-14-32-21-13-12-18(15-22(21)31-8-4)24(28)33-17-23(27)25-19-10-9-11-20(16-19)34(29,30)26(6-2)7-3/h9-13,15-16H,5-8,14,17H2,1-4H3,(H,25,27). The second kappa shape index (κ2) is 13.0. The van der Waals surface area contributed by atoms with Crippen LogP contribution in [0.3, 0.4) is 0 Å². The topological polar surface area (TPSA) is 111 Å². The van der Waals surface area contributed by atoms with Crippen LogP contribution in [0.15, 0.2) is 47.4 Å².